The van der Waals surface area contributed by atoms with Crippen LogP contribution in [0.2, 0.25) is 0 Å². The monoisotopic (exact) mass is 413 g/mol. The van der Waals surface area contributed by atoms with Gasteiger partial charge < -0.3 is 4.57 Å². The SMILES string of the molecule is S=C(c1ccc(S)cc1)c1ccccc1-c1nc2n(c1-c1ccncc1)CCC2. The average molecular weight is 414 g/mol. The van der Waals surface area contributed by atoms with Crippen molar-refractivity contribution in [3.8, 4) is 22.5 Å². The van der Waals surface area contributed by atoms with Gasteiger partial charge in [0.15, 0.2) is 0 Å². The van der Waals surface area contributed by atoms with Crippen molar-refractivity contribution in [1.29, 1.82) is 0 Å². The van der Waals surface area contributed by atoms with E-state index in [1.54, 1.807) is 0 Å². The Morgan fingerprint density at radius 3 is 2.52 bits per heavy atom. The van der Waals surface area contributed by atoms with Crippen LogP contribution >= 0.6 is 24.8 Å². The van der Waals surface area contributed by atoms with Crippen LogP contribution in [0.25, 0.3) is 22.5 Å². The van der Waals surface area contributed by atoms with Crippen LogP contribution in [0.4, 0.5) is 0 Å². The lowest BCUT2D eigenvalue weighted by atomic mass is 9.95. The minimum Gasteiger partial charge on any atom is -0.327 e. The van der Waals surface area contributed by atoms with Crippen LogP contribution in [0.1, 0.15) is 23.4 Å². The minimum absolute atomic E-state index is 0.822. The average Bonchev–Trinajstić information content (AvgIpc) is 3.35. The van der Waals surface area contributed by atoms with Gasteiger partial charge in [-0.2, -0.15) is 0 Å². The van der Waals surface area contributed by atoms with Gasteiger partial charge in [0.2, 0.25) is 0 Å². The van der Waals surface area contributed by atoms with Gasteiger partial charge in [-0.25, -0.2) is 4.98 Å². The summed E-state index contributed by atoms with van der Waals surface area (Å²) in [6, 6.07) is 20.4. The maximum absolute atomic E-state index is 5.89. The Labute approximate surface area is 180 Å². The van der Waals surface area contributed by atoms with E-state index in [1.165, 1.54) is 0 Å². The fourth-order valence-electron chi connectivity index (χ4n) is 3.97. The predicted molar refractivity (Wildman–Crippen MR) is 124 cm³/mol. The number of hydrogen-bond acceptors (Lipinski definition) is 4. The zero-order valence-corrected chi connectivity index (χ0v) is 17.5. The molecule has 2 aromatic carbocycles. The van der Waals surface area contributed by atoms with Gasteiger partial charge >= 0.3 is 0 Å². The van der Waals surface area contributed by atoms with Crippen molar-refractivity contribution < 1.29 is 0 Å². The molecule has 3 nitrogen and oxygen atoms in total. The van der Waals surface area contributed by atoms with Gasteiger partial charge in [0.25, 0.3) is 0 Å². The molecule has 3 heterocycles. The van der Waals surface area contributed by atoms with Gasteiger partial charge in [0, 0.05) is 46.9 Å². The maximum Gasteiger partial charge on any atom is 0.109 e. The molecule has 0 N–H and O–H groups in total. The number of aromatic nitrogens is 3. The topological polar surface area (TPSA) is 30.7 Å². The molecule has 0 fully saturated rings. The second kappa shape index (κ2) is 7.58. The van der Waals surface area contributed by atoms with Crippen molar-refractivity contribution in [1.82, 2.24) is 14.5 Å². The first-order valence-electron chi connectivity index (χ1n) is 9.65. The number of rotatable bonds is 4. The lowest BCUT2D eigenvalue weighted by molar-refractivity contribution is 0.756. The third-order valence-corrected chi connectivity index (χ3v) is 6.09. The molecule has 29 heavy (non-hydrogen) atoms. The number of thiol groups is 1. The van der Waals surface area contributed by atoms with Crippen LogP contribution in [0, 0.1) is 0 Å². The van der Waals surface area contributed by atoms with E-state index >= 15 is 0 Å². The quantitative estimate of drug-likeness (QED) is 0.268. The van der Waals surface area contributed by atoms with Crippen LogP contribution < -0.4 is 0 Å². The summed E-state index contributed by atoms with van der Waals surface area (Å²) in [5.41, 5.74) is 6.40. The number of fused-ring (bicyclic) bond motifs is 1. The van der Waals surface area contributed by atoms with Gasteiger partial charge in [0.1, 0.15) is 5.82 Å². The first-order valence-corrected chi connectivity index (χ1v) is 10.5. The van der Waals surface area contributed by atoms with Crippen LogP contribution in [0.5, 0.6) is 0 Å². The Bertz CT molecular complexity index is 1190. The molecule has 1 aliphatic heterocycles. The molecule has 5 heteroatoms. The van der Waals surface area contributed by atoms with Crippen molar-refractivity contribution in [3.05, 3.63) is 90.0 Å². The molecule has 0 unspecified atom stereocenters. The summed E-state index contributed by atoms with van der Waals surface area (Å²) in [5, 5.41) is 0. The normalized spacial score (nSPS) is 12.7. The van der Waals surface area contributed by atoms with Gasteiger partial charge in [-0.1, -0.05) is 48.6 Å². The van der Waals surface area contributed by atoms with Gasteiger partial charge in [-0.15, -0.1) is 12.6 Å². The number of thiocarbonyl (C=S) groups is 1. The Balaban J connectivity index is 1.69. The lowest BCUT2D eigenvalue weighted by Crippen LogP contribution is -2.03. The van der Waals surface area contributed by atoms with Crippen LogP contribution in [0.3, 0.4) is 0 Å². The Kier molecular flexibility index (Phi) is 4.78. The van der Waals surface area contributed by atoms with E-state index in [9.17, 15) is 0 Å². The Hall–Kier alpha value is -2.76. The van der Waals surface area contributed by atoms with Crippen molar-refractivity contribution in [2.75, 3.05) is 0 Å². The zero-order valence-electron chi connectivity index (χ0n) is 15.7. The van der Waals surface area contributed by atoms with E-state index in [0.717, 1.165) is 68.6 Å². The van der Waals surface area contributed by atoms with E-state index < -0.39 is 0 Å². The molecule has 0 aliphatic carbocycles. The Morgan fingerprint density at radius 1 is 0.966 bits per heavy atom. The fourth-order valence-corrected chi connectivity index (χ4v) is 4.44. The summed E-state index contributed by atoms with van der Waals surface area (Å²) >= 11 is 10.3. The lowest BCUT2D eigenvalue weighted by Gasteiger charge is -2.13. The van der Waals surface area contributed by atoms with Crippen LogP contribution in [-0.2, 0) is 13.0 Å². The molecule has 1 aliphatic rings. The highest BCUT2D eigenvalue weighted by Crippen LogP contribution is 2.37. The largest absolute Gasteiger partial charge is 0.327 e. The fraction of sp³-hybridized carbons (Fsp3) is 0.125. The number of benzene rings is 2. The molecule has 2 aromatic heterocycles. The van der Waals surface area contributed by atoms with E-state index in [1.807, 2.05) is 42.7 Å². The molecule has 0 amide bonds. The van der Waals surface area contributed by atoms with Crippen LogP contribution in [-0.4, -0.2) is 19.4 Å². The third kappa shape index (κ3) is 3.30. The van der Waals surface area contributed by atoms with Crippen molar-refractivity contribution in [2.24, 2.45) is 0 Å². The van der Waals surface area contributed by atoms with Crippen molar-refractivity contribution in [3.63, 3.8) is 0 Å². The number of hydrogen-bond donors (Lipinski definition) is 1. The molecule has 0 saturated heterocycles. The van der Waals surface area contributed by atoms with Gasteiger partial charge in [-0.3, -0.25) is 4.98 Å². The van der Waals surface area contributed by atoms with Gasteiger partial charge in [0.05, 0.1) is 16.3 Å². The second-order valence-electron chi connectivity index (χ2n) is 7.14. The number of nitrogens with zero attached hydrogens (tertiary/aromatic N) is 3. The second-order valence-corrected chi connectivity index (χ2v) is 8.06. The standard InChI is InChI=1S/C24H19N3S2/c28-18-9-7-17(8-10-18)24(29)20-5-2-1-4-19(20)22-23(16-11-13-25-14-12-16)27-15-3-6-21(27)26-22/h1-2,4-5,7-14,28H,3,6,15H2. The zero-order chi connectivity index (χ0) is 19.8. The highest BCUT2D eigenvalue weighted by Gasteiger charge is 2.25. The number of imidazole rings is 1. The van der Waals surface area contributed by atoms with Gasteiger partial charge in [-0.05, 0) is 36.2 Å². The predicted octanol–water partition coefficient (Wildman–Crippen LogP) is 5.61. The van der Waals surface area contributed by atoms with Crippen molar-refractivity contribution >= 4 is 29.7 Å². The molecule has 0 bridgehead atoms. The first-order chi connectivity index (χ1) is 14.2. The molecule has 4 aromatic rings. The molecular formula is C24H19N3S2. The summed E-state index contributed by atoms with van der Waals surface area (Å²) in [6.07, 6.45) is 5.82. The molecule has 0 saturated carbocycles. The summed E-state index contributed by atoms with van der Waals surface area (Å²) in [4.78, 5) is 11.0. The first kappa shape index (κ1) is 18.3. The highest BCUT2D eigenvalue weighted by molar-refractivity contribution is 7.81. The molecule has 142 valence electrons. The third-order valence-electron chi connectivity index (χ3n) is 5.34. The molecule has 0 radical (unpaired) electrons. The van der Waals surface area contributed by atoms with E-state index in [0.29, 0.717) is 0 Å². The molecule has 0 spiro atoms. The summed E-state index contributed by atoms with van der Waals surface area (Å²) in [7, 11) is 0. The number of pyridine rings is 1. The van der Waals surface area contributed by atoms with Crippen molar-refractivity contribution in [2.45, 2.75) is 24.3 Å². The molecular weight excluding hydrogens is 394 g/mol. The maximum atomic E-state index is 5.89. The Morgan fingerprint density at radius 2 is 1.72 bits per heavy atom. The summed E-state index contributed by atoms with van der Waals surface area (Å²) < 4.78 is 2.35. The van der Waals surface area contributed by atoms with E-state index in [-0.39, 0.29) is 0 Å². The molecule has 0 atom stereocenters. The van der Waals surface area contributed by atoms with E-state index in [4.69, 9.17) is 17.2 Å². The van der Waals surface area contributed by atoms with E-state index in [2.05, 4.69) is 52.5 Å². The smallest absolute Gasteiger partial charge is 0.109 e. The summed E-state index contributed by atoms with van der Waals surface area (Å²) in [5.74, 6) is 1.15. The summed E-state index contributed by atoms with van der Waals surface area (Å²) in [6.45, 7) is 0.996. The number of aryl methyl sites for hydroxylation is 1. The van der Waals surface area contributed by atoms with Crippen LogP contribution in [0.15, 0.2) is 78.0 Å². The highest BCUT2D eigenvalue weighted by atomic mass is 32.1. The molecule has 5 rings (SSSR count). The minimum atomic E-state index is 0.822.